The third kappa shape index (κ3) is 3.80. The van der Waals surface area contributed by atoms with Gasteiger partial charge in [0, 0.05) is 25.6 Å². The van der Waals surface area contributed by atoms with Gasteiger partial charge in [0.05, 0.1) is 5.84 Å². The fourth-order valence-electron chi connectivity index (χ4n) is 2.36. The molecule has 0 spiro atoms. The number of hydrogen-bond acceptors (Lipinski definition) is 3. The van der Waals surface area contributed by atoms with Crippen LogP contribution in [-0.4, -0.2) is 41.6 Å². The van der Waals surface area contributed by atoms with Crippen molar-refractivity contribution in [3.8, 4) is 0 Å². The molecule has 0 saturated carbocycles. The number of hydrogen-bond donors (Lipinski definition) is 3. The predicted molar refractivity (Wildman–Crippen MR) is 62.0 cm³/mol. The quantitative estimate of drug-likeness (QED) is 0.467. The van der Waals surface area contributed by atoms with Crippen molar-refractivity contribution < 1.29 is 5.11 Å². The highest BCUT2D eigenvalue weighted by Crippen LogP contribution is 2.20. The maximum Gasteiger partial charge on any atom is 0.0921 e. The summed E-state index contributed by atoms with van der Waals surface area (Å²) >= 11 is 0. The Bertz CT molecular complexity index is 208. The Labute approximate surface area is 92.0 Å². The normalized spacial score (nSPS) is 25.1. The molecule has 15 heavy (non-hydrogen) atoms. The van der Waals surface area contributed by atoms with E-state index in [1.165, 1.54) is 0 Å². The van der Waals surface area contributed by atoms with Crippen molar-refractivity contribution in [2.75, 3.05) is 19.7 Å². The lowest BCUT2D eigenvalue weighted by Crippen LogP contribution is -2.44. The maximum atomic E-state index is 9.15. The molecule has 0 amide bonds. The zero-order chi connectivity index (χ0) is 11.3. The van der Waals surface area contributed by atoms with Crippen LogP contribution in [0.25, 0.3) is 0 Å². The van der Waals surface area contributed by atoms with Gasteiger partial charge in [-0.3, -0.25) is 10.3 Å². The number of likely N-dealkylation sites (tertiary alicyclic amines) is 1. The highest BCUT2D eigenvalue weighted by atomic mass is 16.3. The van der Waals surface area contributed by atoms with Crippen LogP contribution in [0.2, 0.25) is 0 Å². The van der Waals surface area contributed by atoms with E-state index in [1.54, 1.807) is 0 Å². The van der Waals surface area contributed by atoms with Gasteiger partial charge in [-0.05, 0) is 31.7 Å². The zero-order valence-electron chi connectivity index (χ0n) is 9.58. The van der Waals surface area contributed by atoms with Crippen LogP contribution in [0.3, 0.4) is 0 Å². The van der Waals surface area contributed by atoms with Crippen LogP contribution in [0.15, 0.2) is 0 Å². The molecule has 4 heteroatoms. The highest BCUT2D eigenvalue weighted by Gasteiger charge is 2.24. The van der Waals surface area contributed by atoms with Gasteiger partial charge in [-0.2, -0.15) is 0 Å². The van der Waals surface area contributed by atoms with Crippen molar-refractivity contribution >= 4 is 5.84 Å². The minimum absolute atomic E-state index is 0.271. The van der Waals surface area contributed by atoms with Crippen LogP contribution in [0.1, 0.15) is 32.6 Å². The molecule has 1 aliphatic rings. The molecular formula is C11H23N3O. The van der Waals surface area contributed by atoms with Crippen molar-refractivity contribution in [2.24, 2.45) is 11.7 Å². The first-order valence-corrected chi connectivity index (χ1v) is 5.85. The minimum atomic E-state index is 0.271. The smallest absolute Gasteiger partial charge is 0.0921 e. The van der Waals surface area contributed by atoms with Crippen LogP contribution in [0.5, 0.6) is 0 Å². The summed E-state index contributed by atoms with van der Waals surface area (Å²) < 4.78 is 0. The van der Waals surface area contributed by atoms with Crippen LogP contribution in [0.4, 0.5) is 0 Å². The van der Waals surface area contributed by atoms with Gasteiger partial charge in [0.1, 0.15) is 0 Å². The molecule has 1 heterocycles. The van der Waals surface area contributed by atoms with Crippen LogP contribution in [-0.2, 0) is 0 Å². The number of piperidine rings is 1. The summed E-state index contributed by atoms with van der Waals surface area (Å²) in [4.78, 5) is 2.38. The fraction of sp³-hybridized carbons (Fsp3) is 0.909. The molecule has 88 valence electrons. The average Bonchev–Trinajstić information content (AvgIpc) is 2.25. The van der Waals surface area contributed by atoms with E-state index in [2.05, 4.69) is 11.8 Å². The van der Waals surface area contributed by atoms with E-state index in [9.17, 15) is 0 Å². The summed E-state index contributed by atoms with van der Waals surface area (Å²) in [6, 6.07) is 0.386. The van der Waals surface area contributed by atoms with Gasteiger partial charge in [-0.1, -0.05) is 6.92 Å². The van der Waals surface area contributed by atoms with Crippen LogP contribution in [0, 0.1) is 11.3 Å². The van der Waals surface area contributed by atoms with Crippen molar-refractivity contribution in [1.29, 1.82) is 5.41 Å². The van der Waals surface area contributed by atoms with Crippen molar-refractivity contribution in [2.45, 2.75) is 38.6 Å². The maximum absolute atomic E-state index is 9.15. The van der Waals surface area contributed by atoms with Crippen LogP contribution >= 0.6 is 0 Å². The number of amidine groups is 1. The third-order valence-electron chi connectivity index (χ3n) is 3.25. The molecule has 0 aromatic carbocycles. The fourth-order valence-corrected chi connectivity index (χ4v) is 2.36. The predicted octanol–water partition coefficient (Wildman–Crippen LogP) is 0.795. The van der Waals surface area contributed by atoms with Gasteiger partial charge < -0.3 is 10.8 Å². The number of nitrogens with zero attached hydrogens (tertiary/aromatic N) is 1. The third-order valence-corrected chi connectivity index (χ3v) is 3.25. The second-order valence-corrected chi connectivity index (χ2v) is 4.48. The highest BCUT2D eigenvalue weighted by molar-refractivity contribution is 5.77. The lowest BCUT2D eigenvalue weighted by atomic mass is 9.96. The van der Waals surface area contributed by atoms with Gasteiger partial charge in [0.25, 0.3) is 0 Å². The second kappa shape index (κ2) is 6.08. The Kier molecular flexibility index (Phi) is 5.05. The Morgan fingerprint density at radius 2 is 2.40 bits per heavy atom. The van der Waals surface area contributed by atoms with Crippen molar-refractivity contribution in [3.05, 3.63) is 0 Å². The summed E-state index contributed by atoms with van der Waals surface area (Å²) in [6.07, 6.45) is 3.97. The second-order valence-electron chi connectivity index (χ2n) is 4.48. The number of nitrogens with two attached hydrogens (primary N) is 1. The summed E-state index contributed by atoms with van der Waals surface area (Å²) in [7, 11) is 0. The standard InChI is InChI=1S/C11H23N3O/c1-2-10(6-11(12)13)14-5-3-4-9(7-14)8-15/h9-10,15H,2-8H2,1H3,(H3,12,13). The summed E-state index contributed by atoms with van der Waals surface area (Å²) in [6.45, 7) is 4.47. The van der Waals surface area contributed by atoms with E-state index in [1.807, 2.05) is 0 Å². The molecule has 1 aliphatic heterocycles. The monoisotopic (exact) mass is 213 g/mol. The number of aliphatic hydroxyl groups is 1. The summed E-state index contributed by atoms with van der Waals surface area (Å²) in [5.41, 5.74) is 5.45. The van der Waals surface area contributed by atoms with Gasteiger partial charge in [-0.25, -0.2) is 0 Å². The molecule has 2 atom stereocenters. The van der Waals surface area contributed by atoms with E-state index in [4.69, 9.17) is 16.2 Å². The van der Waals surface area contributed by atoms with E-state index in [0.29, 0.717) is 18.4 Å². The molecule has 0 radical (unpaired) electrons. The molecule has 4 nitrogen and oxygen atoms in total. The first kappa shape index (κ1) is 12.5. The molecule has 2 unspecified atom stereocenters. The molecule has 0 aliphatic carbocycles. The SMILES string of the molecule is CCC(CC(=N)N)N1CCCC(CO)C1. The Morgan fingerprint density at radius 3 is 2.93 bits per heavy atom. The molecule has 0 aromatic rings. The van der Waals surface area contributed by atoms with Crippen molar-refractivity contribution in [1.82, 2.24) is 4.90 Å². The molecule has 0 bridgehead atoms. The topological polar surface area (TPSA) is 73.3 Å². The first-order valence-electron chi connectivity index (χ1n) is 5.85. The molecule has 1 rings (SSSR count). The lowest BCUT2D eigenvalue weighted by molar-refractivity contribution is 0.0881. The largest absolute Gasteiger partial charge is 0.396 e. The Morgan fingerprint density at radius 1 is 1.67 bits per heavy atom. The van der Waals surface area contributed by atoms with E-state index in [-0.39, 0.29) is 12.4 Å². The Balaban J connectivity index is 2.47. The molecule has 1 saturated heterocycles. The van der Waals surface area contributed by atoms with E-state index < -0.39 is 0 Å². The van der Waals surface area contributed by atoms with E-state index in [0.717, 1.165) is 32.4 Å². The zero-order valence-corrected chi connectivity index (χ0v) is 9.58. The lowest BCUT2D eigenvalue weighted by Gasteiger charge is -2.37. The summed E-state index contributed by atoms with van der Waals surface area (Å²) in [5, 5.41) is 16.5. The van der Waals surface area contributed by atoms with Crippen molar-refractivity contribution in [3.63, 3.8) is 0 Å². The molecule has 0 aromatic heterocycles. The van der Waals surface area contributed by atoms with Gasteiger partial charge >= 0.3 is 0 Å². The first-order chi connectivity index (χ1) is 7.17. The number of nitrogens with one attached hydrogen (secondary N) is 1. The molecule has 4 N–H and O–H groups in total. The van der Waals surface area contributed by atoms with Crippen LogP contribution < -0.4 is 5.73 Å². The average molecular weight is 213 g/mol. The minimum Gasteiger partial charge on any atom is -0.396 e. The van der Waals surface area contributed by atoms with Gasteiger partial charge in [0.2, 0.25) is 0 Å². The van der Waals surface area contributed by atoms with E-state index >= 15 is 0 Å². The summed E-state index contributed by atoms with van der Waals surface area (Å²) in [5.74, 6) is 0.688. The van der Waals surface area contributed by atoms with Gasteiger partial charge in [-0.15, -0.1) is 0 Å². The number of aliphatic hydroxyl groups excluding tert-OH is 1. The van der Waals surface area contributed by atoms with Gasteiger partial charge in [0.15, 0.2) is 0 Å². The molecule has 1 fully saturated rings. The number of rotatable bonds is 5. The molecular weight excluding hydrogens is 190 g/mol. The Hall–Kier alpha value is -0.610.